The zero-order chi connectivity index (χ0) is 57.1. The molecule has 79 heavy (non-hydrogen) atoms. The Balaban J connectivity index is 4.19. The molecule has 0 amide bonds. The molecular formula is C73H138O6. The maximum Gasteiger partial charge on any atom is 0.306 e. The second kappa shape index (κ2) is 68.4. The van der Waals surface area contributed by atoms with E-state index in [1.165, 1.54) is 302 Å². The number of carbonyl (C=O) groups is 3. The second-order valence-electron chi connectivity index (χ2n) is 24.5. The molecule has 0 aliphatic carbocycles. The Hall–Kier alpha value is -2.11. The van der Waals surface area contributed by atoms with Crippen molar-refractivity contribution in [2.75, 3.05) is 13.2 Å². The molecule has 0 N–H and O–H groups in total. The van der Waals surface area contributed by atoms with E-state index >= 15 is 0 Å². The van der Waals surface area contributed by atoms with Crippen molar-refractivity contribution < 1.29 is 28.6 Å². The van der Waals surface area contributed by atoms with Gasteiger partial charge in [0.25, 0.3) is 0 Å². The molecule has 0 rings (SSSR count). The van der Waals surface area contributed by atoms with Gasteiger partial charge in [-0.05, 0) is 70.6 Å². The van der Waals surface area contributed by atoms with Crippen LogP contribution in [0.25, 0.3) is 0 Å². The van der Waals surface area contributed by atoms with Gasteiger partial charge in [0.05, 0.1) is 0 Å². The first-order valence-corrected chi connectivity index (χ1v) is 35.8. The van der Waals surface area contributed by atoms with Gasteiger partial charge in [-0.1, -0.05) is 340 Å². The minimum Gasteiger partial charge on any atom is -0.462 e. The number of hydrogen-bond donors (Lipinski definition) is 0. The van der Waals surface area contributed by atoms with Crippen molar-refractivity contribution in [2.45, 2.75) is 412 Å². The Morgan fingerprint density at radius 3 is 0.633 bits per heavy atom. The summed E-state index contributed by atoms with van der Waals surface area (Å²) in [7, 11) is 0. The van der Waals surface area contributed by atoms with Gasteiger partial charge in [0.2, 0.25) is 0 Å². The minimum atomic E-state index is -0.771. The van der Waals surface area contributed by atoms with E-state index < -0.39 is 6.10 Å². The fourth-order valence-electron chi connectivity index (χ4n) is 11.0. The van der Waals surface area contributed by atoms with E-state index in [4.69, 9.17) is 14.2 Å². The highest BCUT2D eigenvalue weighted by Gasteiger charge is 2.19. The number of hydrogen-bond acceptors (Lipinski definition) is 6. The van der Waals surface area contributed by atoms with Crippen LogP contribution in [0.3, 0.4) is 0 Å². The molecule has 0 saturated heterocycles. The van der Waals surface area contributed by atoms with E-state index in [2.05, 4.69) is 45.1 Å². The van der Waals surface area contributed by atoms with Crippen molar-refractivity contribution in [3.63, 3.8) is 0 Å². The first-order valence-electron chi connectivity index (χ1n) is 35.8. The van der Waals surface area contributed by atoms with Gasteiger partial charge in [0.15, 0.2) is 6.10 Å². The lowest BCUT2D eigenvalue weighted by Crippen LogP contribution is -2.30. The average Bonchev–Trinajstić information content (AvgIpc) is 3.45. The van der Waals surface area contributed by atoms with Crippen molar-refractivity contribution >= 4 is 17.9 Å². The summed E-state index contributed by atoms with van der Waals surface area (Å²) in [6.07, 6.45) is 83.6. The molecule has 466 valence electrons. The van der Waals surface area contributed by atoms with E-state index in [1.54, 1.807) is 0 Å². The van der Waals surface area contributed by atoms with Crippen LogP contribution >= 0.6 is 0 Å². The van der Waals surface area contributed by atoms with Crippen molar-refractivity contribution in [3.05, 3.63) is 24.3 Å². The Labute approximate surface area is 493 Å². The highest BCUT2D eigenvalue weighted by atomic mass is 16.6. The molecule has 6 nitrogen and oxygen atoms in total. The summed E-state index contributed by atoms with van der Waals surface area (Å²) in [6.45, 7) is 6.71. The topological polar surface area (TPSA) is 78.9 Å². The Bertz CT molecular complexity index is 1270. The molecular weight excluding hydrogens is 973 g/mol. The number of unbranched alkanes of at least 4 members (excludes halogenated alkanes) is 52. The molecule has 0 radical (unpaired) electrons. The molecule has 6 heteroatoms. The van der Waals surface area contributed by atoms with Crippen LogP contribution < -0.4 is 0 Å². The van der Waals surface area contributed by atoms with Gasteiger partial charge in [-0.3, -0.25) is 14.4 Å². The summed E-state index contributed by atoms with van der Waals surface area (Å²) < 4.78 is 17.0. The van der Waals surface area contributed by atoms with E-state index in [1.807, 2.05) is 0 Å². The van der Waals surface area contributed by atoms with Crippen molar-refractivity contribution in [1.29, 1.82) is 0 Å². The zero-order valence-corrected chi connectivity index (χ0v) is 53.7. The quantitative estimate of drug-likeness (QED) is 0.0261. The molecule has 0 bridgehead atoms. The fourth-order valence-corrected chi connectivity index (χ4v) is 11.0. The predicted octanol–water partition coefficient (Wildman–Crippen LogP) is 24.6. The van der Waals surface area contributed by atoms with Gasteiger partial charge >= 0.3 is 17.9 Å². The van der Waals surface area contributed by atoms with Crippen LogP contribution in [-0.2, 0) is 28.6 Å². The van der Waals surface area contributed by atoms with Crippen LogP contribution in [0, 0.1) is 0 Å². The lowest BCUT2D eigenvalue weighted by molar-refractivity contribution is -0.167. The van der Waals surface area contributed by atoms with Crippen LogP contribution in [0.1, 0.15) is 406 Å². The summed E-state index contributed by atoms with van der Waals surface area (Å²) in [4.78, 5) is 38.4. The van der Waals surface area contributed by atoms with Crippen LogP contribution in [0.5, 0.6) is 0 Å². The molecule has 0 aromatic rings. The molecule has 1 atom stereocenters. The third-order valence-corrected chi connectivity index (χ3v) is 16.4. The molecule has 0 aliphatic heterocycles. The van der Waals surface area contributed by atoms with E-state index in [9.17, 15) is 14.4 Å². The zero-order valence-electron chi connectivity index (χ0n) is 53.7. The first-order chi connectivity index (χ1) is 39.0. The van der Waals surface area contributed by atoms with Crippen LogP contribution in [-0.4, -0.2) is 37.2 Å². The SMILES string of the molecule is CCCCCCCC/C=C\CCCCCCCC(=O)OCC(COC(=O)CCCCCCCCCCCCCCCCCCC/C=C\CCCCCCCCCC)OC(=O)CCCCCCCCCCCCCCCCCCC. The van der Waals surface area contributed by atoms with E-state index in [-0.39, 0.29) is 31.1 Å². The summed E-state index contributed by atoms with van der Waals surface area (Å²) in [5.41, 5.74) is 0. The van der Waals surface area contributed by atoms with Gasteiger partial charge in [-0.25, -0.2) is 0 Å². The molecule has 1 unspecified atom stereocenters. The van der Waals surface area contributed by atoms with E-state index in [0.717, 1.165) is 64.2 Å². The summed E-state index contributed by atoms with van der Waals surface area (Å²) >= 11 is 0. The number of allylic oxidation sites excluding steroid dienone is 4. The second-order valence-corrected chi connectivity index (χ2v) is 24.5. The van der Waals surface area contributed by atoms with Gasteiger partial charge in [0.1, 0.15) is 13.2 Å². The highest BCUT2D eigenvalue weighted by Crippen LogP contribution is 2.19. The molecule has 0 fully saturated rings. The molecule has 0 aromatic carbocycles. The van der Waals surface area contributed by atoms with E-state index in [0.29, 0.717) is 19.3 Å². The van der Waals surface area contributed by atoms with Gasteiger partial charge in [-0.15, -0.1) is 0 Å². The normalized spacial score (nSPS) is 12.1. The van der Waals surface area contributed by atoms with Crippen molar-refractivity contribution in [2.24, 2.45) is 0 Å². The van der Waals surface area contributed by atoms with Crippen molar-refractivity contribution in [1.82, 2.24) is 0 Å². The van der Waals surface area contributed by atoms with Crippen LogP contribution in [0.2, 0.25) is 0 Å². The maximum atomic E-state index is 12.9. The average molecular weight is 1110 g/mol. The maximum absolute atomic E-state index is 12.9. The third-order valence-electron chi connectivity index (χ3n) is 16.4. The summed E-state index contributed by atoms with van der Waals surface area (Å²) in [6, 6.07) is 0. The molecule has 0 saturated carbocycles. The monoisotopic (exact) mass is 1110 g/mol. The third kappa shape index (κ3) is 66.6. The minimum absolute atomic E-state index is 0.0674. The lowest BCUT2D eigenvalue weighted by Gasteiger charge is -2.18. The molecule has 0 aromatic heterocycles. The number of ether oxygens (including phenoxy) is 3. The van der Waals surface area contributed by atoms with Crippen LogP contribution in [0.4, 0.5) is 0 Å². The summed E-state index contributed by atoms with van der Waals surface area (Å²) in [5.74, 6) is -0.844. The predicted molar refractivity (Wildman–Crippen MR) is 344 cm³/mol. The van der Waals surface area contributed by atoms with Crippen molar-refractivity contribution in [3.8, 4) is 0 Å². The standard InChI is InChI=1S/C73H138O6/c1-4-7-10-13-16-19-22-25-28-30-31-32-33-34-35-36-37-38-39-40-41-43-45-48-51-54-57-60-63-66-72(75)78-69-70(68-77-71(74)65-62-59-56-53-50-47-44-27-24-21-18-15-12-9-6-3)79-73(76)67-64-61-58-55-52-49-46-42-29-26-23-20-17-14-11-8-5-2/h27,30-31,44,70H,4-26,28-29,32-43,45-69H2,1-3H3/b31-30-,44-27-. The van der Waals surface area contributed by atoms with Gasteiger partial charge in [-0.2, -0.15) is 0 Å². The van der Waals surface area contributed by atoms with Crippen LogP contribution in [0.15, 0.2) is 24.3 Å². The molecule has 0 heterocycles. The summed E-state index contributed by atoms with van der Waals surface area (Å²) in [5, 5.41) is 0. The molecule has 0 spiro atoms. The lowest BCUT2D eigenvalue weighted by atomic mass is 10.0. The fraction of sp³-hybridized carbons (Fsp3) is 0.904. The Morgan fingerprint density at radius 1 is 0.241 bits per heavy atom. The van der Waals surface area contributed by atoms with Gasteiger partial charge in [0, 0.05) is 19.3 Å². The number of esters is 3. The Kier molecular flexibility index (Phi) is 66.6. The smallest absolute Gasteiger partial charge is 0.306 e. The number of rotatable bonds is 67. The first kappa shape index (κ1) is 76.9. The highest BCUT2D eigenvalue weighted by molar-refractivity contribution is 5.71. The largest absolute Gasteiger partial charge is 0.462 e. The number of carbonyl (C=O) groups excluding carboxylic acids is 3. The Morgan fingerprint density at radius 2 is 0.418 bits per heavy atom. The molecule has 0 aliphatic rings. The van der Waals surface area contributed by atoms with Gasteiger partial charge < -0.3 is 14.2 Å².